The molecule has 8 nitrogen and oxygen atoms in total. The van der Waals surface area contributed by atoms with E-state index < -0.39 is 11.7 Å². The lowest BCUT2D eigenvalue weighted by atomic mass is 10.0. The first-order valence-electron chi connectivity index (χ1n) is 12.3. The highest BCUT2D eigenvalue weighted by Crippen LogP contribution is 2.32. The number of aryl methyl sites for hydroxylation is 1. The number of rotatable bonds is 5. The van der Waals surface area contributed by atoms with E-state index in [1.807, 2.05) is 49.4 Å². The van der Waals surface area contributed by atoms with Crippen LogP contribution in [0.3, 0.4) is 0 Å². The zero-order valence-electron chi connectivity index (χ0n) is 20.4. The van der Waals surface area contributed by atoms with Crippen molar-refractivity contribution in [2.45, 2.75) is 25.8 Å². The Morgan fingerprint density at radius 2 is 2.08 bits per heavy atom. The predicted molar refractivity (Wildman–Crippen MR) is 142 cm³/mol. The molecule has 0 bridgehead atoms. The van der Waals surface area contributed by atoms with Crippen LogP contribution >= 0.6 is 0 Å². The van der Waals surface area contributed by atoms with Crippen molar-refractivity contribution in [3.8, 4) is 0 Å². The summed E-state index contributed by atoms with van der Waals surface area (Å²) in [4.78, 5) is 24.7. The first kappa shape index (κ1) is 23.1. The third-order valence-electron chi connectivity index (χ3n) is 6.76. The highest BCUT2D eigenvalue weighted by Gasteiger charge is 2.31. The van der Waals surface area contributed by atoms with Crippen molar-refractivity contribution < 1.29 is 9.18 Å². The van der Waals surface area contributed by atoms with Crippen LogP contribution in [-0.2, 0) is 0 Å². The van der Waals surface area contributed by atoms with Gasteiger partial charge in [0.2, 0.25) is 5.95 Å². The Morgan fingerprint density at radius 3 is 2.89 bits per heavy atom. The van der Waals surface area contributed by atoms with E-state index in [-0.39, 0.29) is 11.6 Å². The highest BCUT2D eigenvalue weighted by atomic mass is 19.1. The molecule has 0 saturated carbocycles. The number of piperidine rings is 1. The molecule has 1 fully saturated rings. The molecule has 1 aliphatic rings. The summed E-state index contributed by atoms with van der Waals surface area (Å²) in [5.74, 6) is -0.129. The molecule has 2 aromatic carbocycles. The summed E-state index contributed by atoms with van der Waals surface area (Å²) in [7, 11) is 0. The highest BCUT2D eigenvalue weighted by molar-refractivity contribution is 6.11. The second-order valence-corrected chi connectivity index (χ2v) is 9.24. The van der Waals surface area contributed by atoms with Crippen LogP contribution in [0, 0.1) is 12.7 Å². The van der Waals surface area contributed by atoms with Crippen LogP contribution < -0.4 is 15.5 Å². The molecule has 186 valence electrons. The summed E-state index contributed by atoms with van der Waals surface area (Å²) in [5.41, 5.74) is 2.13. The van der Waals surface area contributed by atoms with Crippen molar-refractivity contribution in [3.05, 3.63) is 90.0 Å². The number of nitrogens with one attached hydrogen (secondary N) is 2. The van der Waals surface area contributed by atoms with Gasteiger partial charge in [-0.05, 0) is 73.7 Å². The lowest BCUT2D eigenvalue weighted by Crippen LogP contribution is -2.49. The number of aromatic nitrogens is 4. The van der Waals surface area contributed by atoms with Crippen molar-refractivity contribution in [2.24, 2.45) is 0 Å². The number of anilines is 3. The second-order valence-electron chi connectivity index (χ2n) is 9.24. The maximum atomic E-state index is 15.5. The maximum absolute atomic E-state index is 15.5. The number of benzene rings is 2. The second kappa shape index (κ2) is 9.59. The molecule has 0 unspecified atom stereocenters. The quantitative estimate of drug-likeness (QED) is 0.362. The number of pyridine rings is 2. The Bertz CT molecular complexity index is 1570. The van der Waals surface area contributed by atoms with Gasteiger partial charge in [0.05, 0.1) is 11.6 Å². The fourth-order valence-electron chi connectivity index (χ4n) is 4.97. The van der Waals surface area contributed by atoms with Crippen LogP contribution in [0.5, 0.6) is 0 Å². The van der Waals surface area contributed by atoms with Crippen LogP contribution in [0.4, 0.5) is 21.8 Å². The molecular formula is C28H26FN7O. The molecule has 9 heteroatoms. The van der Waals surface area contributed by atoms with Gasteiger partial charge in [0.1, 0.15) is 11.6 Å². The third-order valence-corrected chi connectivity index (χ3v) is 6.76. The Hall–Kier alpha value is -4.37. The maximum Gasteiger partial charge on any atom is 0.262 e. The zero-order valence-corrected chi connectivity index (χ0v) is 20.4. The predicted octanol–water partition coefficient (Wildman–Crippen LogP) is 4.87. The summed E-state index contributed by atoms with van der Waals surface area (Å²) < 4.78 is 17.1. The van der Waals surface area contributed by atoms with Gasteiger partial charge in [-0.15, -0.1) is 5.10 Å². The molecular weight excluding hydrogens is 469 g/mol. The molecule has 4 heterocycles. The molecule has 1 atom stereocenters. The van der Waals surface area contributed by atoms with Gasteiger partial charge >= 0.3 is 0 Å². The van der Waals surface area contributed by atoms with E-state index >= 15 is 4.39 Å². The molecule has 0 radical (unpaired) electrons. The monoisotopic (exact) mass is 495 g/mol. The standard InChI is InChI=1S/C28H26FN7O/c1-18-6-4-7-19-12-14-31-26(25(18)19)36(21-8-5-13-30-17-21)27(37)22-11-10-20(16-23(22)29)32-28-33-24-9-2-3-15-35(24)34-28/h2-4,6-7,9-12,14-16,21,30H,5,8,13,17H2,1H3,(H,32,34)/t21-/m1/s1. The van der Waals surface area contributed by atoms with Gasteiger partial charge in [0, 0.05) is 30.0 Å². The van der Waals surface area contributed by atoms with Crippen LogP contribution in [0.1, 0.15) is 28.8 Å². The molecule has 6 rings (SSSR count). The summed E-state index contributed by atoms with van der Waals surface area (Å²) in [5, 5.41) is 12.6. The Kier molecular flexibility index (Phi) is 5.97. The molecule has 2 N–H and O–H groups in total. The van der Waals surface area contributed by atoms with Gasteiger partial charge < -0.3 is 10.6 Å². The van der Waals surface area contributed by atoms with Crippen molar-refractivity contribution in [3.63, 3.8) is 0 Å². The normalized spacial score (nSPS) is 15.7. The number of hydrogen-bond acceptors (Lipinski definition) is 6. The molecule has 1 amide bonds. The van der Waals surface area contributed by atoms with E-state index in [0.29, 0.717) is 29.6 Å². The van der Waals surface area contributed by atoms with E-state index in [1.165, 1.54) is 12.1 Å². The average Bonchev–Trinajstić information content (AvgIpc) is 3.32. The minimum atomic E-state index is -0.621. The van der Waals surface area contributed by atoms with Gasteiger partial charge in [0.15, 0.2) is 5.65 Å². The van der Waals surface area contributed by atoms with E-state index in [0.717, 1.165) is 35.7 Å². The zero-order chi connectivity index (χ0) is 25.4. The Labute approximate surface area is 213 Å². The molecule has 3 aromatic heterocycles. The van der Waals surface area contributed by atoms with Crippen molar-refractivity contribution >= 4 is 39.8 Å². The van der Waals surface area contributed by atoms with E-state index in [4.69, 9.17) is 0 Å². The number of amides is 1. The Balaban J connectivity index is 1.36. The fraction of sp³-hybridized carbons (Fsp3) is 0.214. The van der Waals surface area contributed by atoms with E-state index in [2.05, 4.69) is 25.7 Å². The smallest absolute Gasteiger partial charge is 0.262 e. The van der Waals surface area contributed by atoms with E-state index in [9.17, 15) is 4.79 Å². The number of halogens is 1. The van der Waals surface area contributed by atoms with Gasteiger partial charge in [-0.25, -0.2) is 13.9 Å². The number of nitrogens with zero attached hydrogens (tertiary/aromatic N) is 5. The number of carbonyl (C=O) groups excluding carboxylic acids is 1. The molecule has 0 spiro atoms. The lowest BCUT2D eigenvalue weighted by molar-refractivity contribution is 0.0968. The van der Waals surface area contributed by atoms with Crippen LogP contribution in [0.15, 0.2) is 73.1 Å². The topological polar surface area (TPSA) is 87.5 Å². The van der Waals surface area contributed by atoms with Crippen LogP contribution in [0.25, 0.3) is 16.4 Å². The molecule has 1 aliphatic heterocycles. The fourth-order valence-corrected chi connectivity index (χ4v) is 4.97. The van der Waals surface area contributed by atoms with Crippen molar-refractivity contribution in [1.29, 1.82) is 0 Å². The molecule has 37 heavy (non-hydrogen) atoms. The van der Waals surface area contributed by atoms with Crippen molar-refractivity contribution in [2.75, 3.05) is 23.3 Å². The third kappa shape index (κ3) is 4.38. The van der Waals surface area contributed by atoms with E-state index in [1.54, 1.807) is 27.9 Å². The lowest BCUT2D eigenvalue weighted by Gasteiger charge is -2.35. The van der Waals surface area contributed by atoms with Gasteiger partial charge in [0.25, 0.3) is 5.91 Å². The largest absolute Gasteiger partial charge is 0.323 e. The average molecular weight is 496 g/mol. The summed E-state index contributed by atoms with van der Waals surface area (Å²) in [6.45, 7) is 3.52. The first-order chi connectivity index (χ1) is 18.1. The number of fused-ring (bicyclic) bond motifs is 2. The molecule has 5 aromatic rings. The van der Waals surface area contributed by atoms with Gasteiger partial charge in [-0.1, -0.05) is 24.3 Å². The summed E-state index contributed by atoms with van der Waals surface area (Å²) in [6, 6.07) is 17.8. The minimum Gasteiger partial charge on any atom is -0.323 e. The first-order valence-corrected chi connectivity index (χ1v) is 12.3. The SMILES string of the molecule is Cc1cccc2ccnc(N(C(=O)c3ccc(Nc4nc5ccccn5n4)cc3F)[C@@H]3CCCNC3)c12. The number of carbonyl (C=O) groups is 1. The van der Waals surface area contributed by atoms with Crippen LogP contribution in [-0.4, -0.2) is 44.6 Å². The minimum absolute atomic E-state index is 0.00790. The summed E-state index contributed by atoms with van der Waals surface area (Å²) >= 11 is 0. The number of hydrogen-bond donors (Lipinski definition) is 2. The van der Waals surface area contributed by atoms with Gasteiger partial charge in [-0.3, -0.25) is 9.69 Å². The van der Waals surface area contributed by atoms with Crippen molar-refractivity contribution in [1.82, 2.24) is 24.9 Å². The van der Waals surface area contributed by atoms with Gasteiger partial charge in [-0.2, -0.15) is 4.98 Å². The molecule has 1 saturated heterocycles. The Morgan fingerprint density at radius 1 is 1.16 bits per heavy atom. The molecule has 0 aliphatic carbocycles. The van der Waals surface area contributed by atoms with Crippen LogP contribution in [0.2, 0.25) is 0 Å². The summed E-state index contributed by atoms with van der Waals surface area (Å²) in [6.07, 6.45) is 5.23.